The Morgan fingerprint density at radius 1 is 1.25 bits per heavy atom. The summed E-state index contributed by atoms with van der Waals surface area (Å²) >= 11 is 0. The molecule has 0 radical (unpaired) electrons. The van der Waals surface area contributed by atoms with Gasteiger partial charge in [-0.15, -0.1) is 0 Å². The van der Waals surface area contributed by atoms with Crippen molar-refractivity contribution in [3.05, 3.63) is 24.3 Å². The standard InChI is InChI=1S/C18H22N2O4/c21-17(19(14-5-6-14)9-13-7-8-23-11-13)10-20-15-3-1-2-4-16(15)24-12-18(20)22/h1-4,13-14H,5-12H2/t13-/m1/s1. The fraction of sp³-hybridized carbons (Fsp3) is 0.556. The second kappa shape index (κ2) is 6.43. The van der Waals surface area contributed by atoms with Crippen LogP contribution in [0, 0.1) is 5.92 Å². The summed E-state index contributed by atoms with van der Waals surface area (Å²) in [5.41, 5.74) is 0.682. The summed E-state index contributed by atoms with van der Waals surface area (Å²) in [5, 5.41) is 0. The van der Waals surface area contributed by atoms with Crippen molar-refractivity contribution in [1.29, 1.82) is 0 Å². The number of ether oxygens (including phenoxy) is 2. The molecule has 24 heavy (non-hydrogen) atoms. The highest BCUT2D eigenvalue weighted by Gasteiger charge is 2.37. The van der Waals surface area contributed by atoms with E-state index in [1.165, 1.54) is 0 Å². The molecule has 1 aliphatic carbocycles. The zero-order valence-corrected chi connectivity index (χ0v) is 13.6. The molecule has 2 amide bonds. The van der Waals surface area contributed by atoms with Gasteiger partial charge in [-0.2, -0.15) is 0 Å². The van der Waals surface area contributed by atoms with E-state index in [9.17, 15) is 9.59 Å². The Bertz CT molecular complexity index is 638. The third-order valence-electron chi connectivity index (χ3n) is 4.89. The lowest BCUT2D eigenvalue weighted by atomic mass is 10.1. The van der Waals surface area contributed by atoms with Gasteiger partial charge in [-0.3, -0.25) is 14.5 Å². The average Bonchev–Trinajstić information content (AvgIpc) is 3.31. The molecule has 6 nitrogen and oxygen atoms in total. The van der Waals surface area contributed by atoms with E-state index in [2.05, 4.69) is 0 Å². The maximum Gasteiger partial charge on any atom is 0.265 e. The van der Waals surface area contributed by atoms with E-state index in [1.807, 2.05) is 29.2 Å². The summed E-state index contributed by atoms with van der Waals surface area (Å²) in [6, 6.07) is 7.71. The van der Waals surface area contributed by atoms with E-state index in [1.54, 1.807) is 4.90 Å². The molecule has 128 valence electrons. The van der Waals surface area contributed by atoms with Gasteiger partial charge >= 0.3 is 0 Å². The molecule has 1 aromatic rings. The Kier molecular flexibility index (Phi) is 4.14. The minimum Gasteiger partial charge on any atom is -0.482 e. The molecule has 2 aliphatic heterocycles. The molecule has 0 unspecified atom stereocenters. The Labute approximate surface area is 141 Å². The number of carbonyl (C=O) groups excluding carboxylic acids is 2. The lowest BCUT2D eigenvalue weighted by Crippen LogP contribution is -2.48. The van der Waals surface area contributed by atoms with E-state index in [0.29, 0.717) is 23.4 Å². The third kappa shape index (κ3) is 3.11. The molecule has 1 atom stereocenters. The number of hydrogen-bond donors (Lipinski definition) is 0. The van der Waals surface area contributed by atoms with Crippen molar-refractivity contribution >= 4 is 17.5 Å². The molecule has 0 N–H and O–H groups in total. The fourth-order valence-corrected chi connectivity index (χ4v) is 3.40. The largest absolute Gasteiger partial charge is 0.482 e. The number of para-hydroxylation sites is 2. The maximum absolute atomic E-state index is 12.9. The first-order chi connectivity index (χ1) is 11.7. The number of fused-ring (bicyclic) bond motifs is 1. The highest BCUT2D eigenvalue weighted by atomic mass is 16.5. The molecule has 1 saturated carbocycles. The Morgan fingerprint density at radius 2 is 2.08 bits per heavy atom. The number of benzene rings is 1. The molecule has 0 spiro atoms. The molecule has 1 aromatic carbocycles. The van der Waals surface area contributed by atoms with Crippen LogP contribution in [-0.2, 0) is 14.3 Å². The van der Waals surface area contributed by atoms with Crippen molar-refractivity contribution in [2.24, 2.45) is 5.92 Å². The predicted octanol–water partition coefficient (Wildman–Crippen LogP) is 1.44. The van der Waals surface area contributed by atoms with Gasteiger partial charge in [0.1, 0.15) is 12.3 Å². The van der Waals surface area contributed by atoms with Crippen LogP contribution >= 0.6 is 0 Å². The van der Waals surface area contributed by atoms with Crippen LogP contribution in [0.1, 0.15) is 19.3 Å². The molecular weight excluding hydrogens is 308 g/mol. The number of rotatable bonds is 5. The van der Waals surface area contributed by atoms with Crippen LogP contribution in [0.15, 0.2) is 24.3 Å². The van der Waals surface area contributed by atoms with E-state index in [-0.39, 0.29) is 25.0 Å². The number of carbonyl (C=O) groups is 2. The van der Waals surface area contributed by atoms with Gasteiger partial charge in [-0.1, -0.05) is 12.1 Å². The molecule has 0 aromatic heterocycles. The number of amides is 2. The second-order valence-corrected chi connectivity index (χ2v) is 6.74. The summed E-state index contributed by atoms with van der Waals surface area (Å²) in [7, 11) is 0. The highest BCUT2D eigenvalue weighted by molar-refractivity contribution is 6.02. The Balaban J connectivity index is 1.48. The lowest BCUT2D eigenvalue weighted by Gasteiger charge is -2.32. The van der Waals surface area contributed by atoms with Crippen molar-refractivity contribution in [2.45, 2.75) is 25.3 Å². The predicted molar refractivity (Wildman–Crippen MR) is 88.0 cm³/mol. The SMILES string of the molecule is O=C1COc2ccccc2N1CC(=O)N(C[C@H]1CCOC1)C1CC1. The first-order valence-corrected chi connectivity index (χ1v) is 8.62. The smallest absolute Gasteiger partial charge is 0.265 e. The molecule has 4 rings (SSSR count). The van der Waals surface area contributed by atoms with Gasteiger partial charge in [0.2, 0.25) is 5.91 Å². The molecule has 6 heteroatoms. The van der Waals surface area contributed by atoms with Gasteiger partial charge in [-0.05, 0) is 31.4 Å². The van der Waals surface area contributed by atoms with Gasteiger partial charge in [0, 0.05) is 25.1 Å². The van der Waals surface area contributed by atoms with Gasteiger partial charge in [-0.25, -0.2) is 0 Å². The van der Waals surface area contributed by atoms with Crippen molar-refractivity contribution in [2.75, 3.05) is 37.8 Å². The number of nitrogens with zero attached hydrogens (tertiary/aromatic N) is 2. The molecule has 2 heterocycles. The monoisotopic (exact) mass is 330 g/mol. The van der Waals surface area contributed by atoms with E-state index in [0.717, 1.165) is 39.0 Å². The van der Waals surface area contributed by atoms with Crippen LogP contribution < -0.4 is 9.64 Å². The summed E-state index contributed by atoms with van der Waals surface area (Å²) < 4.78 is 10.9. The molecule has 0 bridgehead atoms. The maximum atomic E-state index is 12.9. The lowest BCUT2D eigenvalue weighted by molar-refractivity contribution is -0.133. The first-order valence-electron chi connectivity index (χ1n) is 8.62. The van der Waals surface area contributed by atoms with Crippen molar-refractivity contribution < 1.29 is 19.1 Å². The van der Waals surface area contributed by atoms with Crippen LogP contribution in [0.2, 0.25) is 0 Å². The van der Waals surface area contributed by atoms with Gasteiger partial charge in [0.15, 0.2) is 6.61 Å². The van der Waals surface area contributed by atoms with Crippen LogP contribution in [-0.4, -0.2) is 55.7 Å². The minimum atomic E-state index is -0.165. The third-order valence-corrected chi connectivity index (χ3v) is 4.89. The van der Waals surface area contributed by atoms with Gasteiger partial charge < -0.3 is 14.4 Å². The fourth-order valence-electron chi connectivity index (χ4n) is 3.40. The van der Waals surface area contributed by atoms with Gasteiger partial charge in [0.05, 0.1) is 12.3 Å². The summed E-state index contributed by atoms with van der Waals surface area (Å²) in [6.07, 6.45) is 3.13. The quantitative estimate of drug-likeness (QED) is 0.820. The second-order valence-electron chi connectivity index (χ2n) is 6.74. The average molecular weight is 330 g/mol. The highest BCUT2D eigenvalue weighted by Crippen LogP contribution is 2.33. The topological polar surface area (TPSA) is 59.1 Å². The van der Waals surface area contributed by atoms with E-state index in [4.69, 9.17) is 9.47 Å². The van der Waals surface area contributed by atoms with Crippen molar-refractivity contribution in [3.8, 4) is 5.75 Å². The molecule has 3 aliphatic rings. The zero-order chi connectivity index (χ0) is 16.5. The van der Waals surface area contributed by atoms with Gasteiger partial charge in [0.25, 0.3) is 5.91 Å². The summed E-state index contributed by atoms with van der Waals surface area (Å²) in [5.74, 6) is 0.936. The molecule has 1 saturated heterocycles. The van der Waals surface area contributed by atoms with E-state index >= 15 is 0 Å². The molecular formula is C18H22N2O4. The summed E-state index contributed by atoms with van der Waals surface area (Å²) in [6.45, 7) is 2.33. The number of hydrogen-bond acceptors (Lipinski definition) is 4. The minimum absolute atomic E-state index is 0.00974. The number of anilines is 1. The normalized spacial score (nSPS) is 22.9. The Hall–Kier alpha value is -2.08. The van der Waals surface area contributed by atoms with Crippen LogP contribution in [0.3, 0.4) is 0 Å². The van der Waals surface area contributed by atoms with Crippen LogP contribution in [0.5, 0.6) is 5.75 Å². The van der Waals surface area contributed by atoms with E-state index < -0.39 is 0 Å². The van der Waals surface area contributed by atoms with Crippen LogP contribution in [0.4, 0.5) is 5.69 Å². The van der Waals surface area contributed by atoms with Crippen LogP contribution in [0.25, 0.3) is 0 Å². The van der Waals surface area contributed by atoms with Crippen molar-refractivity contribution in [3.63, 3.8) is 0 Å². The first kappa shape index (κ1) is 15.4. The summed E-state index contributed by atoms with van der Waals surface area (Å²) in [4.78, 5) is 28.7. The molecule has 2 fully saturated rings. The van der Waals surface area contributed by atoms with Crippen molar-refractivity contribution in [1.82, 2.24) is 4.90 Å². The Morgan fingerprint density at radius 3 is 2.83 bits per heavy atom. The zero-order valence-electron chi connectivity index (χ0n) is 13.6.